The maximum atomic E-state index is 8.77. The number of hydrogen-bond acceptors (Lipinski definition) is 2. The van der Waals surface area contributed by atoms with Gasteiger partial charge in [0, 0.05) is 0 Å². The highest BCUT2D eigenvalue weighted by molar-refractivity contribution is 6.29. The average Bonchev–Trinajstić information content (AvgIpc) is 2.58. The van der Waals surface area contributed by atoms with Gasteiger partial charge in [-0.15, -0.1) is 0 Å². The normalized spacial score (nSPS) is 9.93. The fraction of sp³-hybridized carbons (Fsp3) is 0.0909. The lowest BCUT2D eigenvalue weighted by Crippen LogP contribution is -1.96. The van der Waals surface area contributed by atoms with Crippen molar-refractivity contribution in [3.63, 3.8) is 0 Å². The van der Waals surface area contributed by atoms with Crippen molar-refractivity contribution in [2.75, 3.05) is 0 Å². The largest absolute Gasteiger partial charge is 0.222 e. The molecule has 1 aromatic heterocycles. The molecule has 1 heterocycles. The van der Waals surface area contributed by atoms with Crippen molar-refractivity contribution in [1.82, 2.24) is 9.78 Å². The van der Waals surface area contributed by atoms with Crippen LogP contribution < -0.4 is 0 Å². The van der Waals surface area contributed by atoms with Crippen molar-refractivity contribution in [3.8, 4) is 11.8 Å². The van der Waals surface area contributed by atoms with E-state index >= 15 is 0 Å². The molecule has 0 bridgehead atoms. The first kappa shape index (κ1) is 9.75. The van der Waals surface area contributed by atoms with E-state index < -0.39 is 0 Å². The van der Waals surface area contributed by atoms with E-state index in [1.54, 1.807) is 28.9 Å². The van der Waals surface area contributed by atoms with E-state index in [0.717, 1.165) is 11.4 Å². The predicted molar refractivity (Wildman–Crippen MR) is 58.0 cm³/mol. The van der Waals surface area contributed by atoms with Crippen LogP contribution in [0.4, 0.5) is 0 Å². The van der Waals surface area contributed by atoms with E-state index in [1.165, 1.54) is 0 Å². The molecule has 74 valence electrons. The Bertz CT molecular complexity index is 537. The van der Waals surface area contributed by atoms with Gasteiger partial charge in [-0.25, -0.2) is 4.68 Å². The second-order valence-electron chi connectivity index (χ2n) is 3.18. The van der Waals surface area contributed by atoms with E-state index in [-0.39, 0.29) is 0 Å². The lowest BCUT2D eigenvalue weighted by molar-refractivity contribution is 0.863. The summed E-state index contributed by atoms with van der Waals surface area (Å²) in [4.78, 5) is 0. The Balaban J connectivity index is 2.55. The summed E-state index contributed by atoms with van der Waals surface area (Å²) in [6, 6.07) is 11.0. The van der Waals surface area contributed by atoms with Crippen molar-refractivity contribution in [2.45, 2.75) is 6.92 Å². The fourth-order valence-electron chi connectivity index (χ4n) is 1.36. The maximum Gasteiger partial charge on any atom is 0.133 e. The van der Waals surface area contributed by atoms with Gasteiger partial charge in [-0.1, -0.05) is 17.7 Å². The summed E-state index contributed by atoms with van der Waals surface area (Å²) in [6.07, 6.45) is 0. The van der Waals surface area contributed by atoms with Crippen LogP contribution in [0.5, 0.6) is 0 Å². The quantitative estimate of drug-likeness (QED) is 0.737. The molecule has 0 saturated heterocycles. The Labute approximate surface area is 92.5 Å². The van der Waals surface area contributed by atoms with Gasteiger partial charge in [0.25, 0.3) is 0 Å². The molecule has 0 radical (unpaired) electrons. The van der Waals surface area contributed by atoms with Crippen molar-refractivity contribution < 1.29 is 0 Å². The second kappa shape index (κ2) is 3.76. The molecule has 1 aromatic carbocycles. The highest BCUT2D eigenvalue weighted by atomic mass is 35.5. The molecule has 0 aliphatic rings. The van der Waals surface area contributed by atoms with Crippen LogP contribution in [0.1, 0.15) is 11.3 Å². The summed E-state index contributed by atoms with van der Waals surface area (Å²) in [5.41, 5.74) is 2.24. The van der Waals surface area contributed by atoms with Crippen molar-refractivity contribution in [3.05, 3.63) is 46.7 Å². The van der Waals surface area contributed by atoms with Gasteiger partial charge in [0.1, 0.15) is 5.15 Å². The molecule has 0 saturated carbocycles. The minimum absolute atomic E-state index is 0.544. The molecular weight excluding hydrogens is 210 g/mol. The Morgan fingerprint density at radius 2 is 2.20 bits per heavy atom. The Kier molecular flexibility index (Phi) is 2.44. The van der Waals surface area contributed by atoms with Gasteiger partial charge in [0.05, 0.1) is 23.0 Å². The minimum Gasteiger partial charge on any atom is -0.222 e. The van der Waals surface area contributed by atoms with Crippen molar-refractivity contribution >= 4 is 11.6 Å². The number of aromatic nitrogens is 2. The number of aryl methyl sites for hydroxylation is 1. The molecule has 2 rings (SSSR count). The number of halogens is 1. The summed E-state index contributed by atoms with van der Waals surface area (Å²) >= 11 is 5.99. The number of nitrogens with zero attached hydrogens (tertiary/aromatic N) is 3. The SMILES string of the molecule is Cc1cc(Cl)n(-c2cccc(C#N)c2)n1. The lowest BCUT2D eigenvalue weighted by atomic mass is 10.2. The molecule has 2 aromatic rings. The molecular formula is C11H8ClN3. The first-order valence-electron chi connectivity index (χ1n) is 4.43. The van der Waals surface area contributed by atoms with Gasteiger partial charge in [0.15, 0.2) is 0 Å². The summed E-state index contributed by atoms with van der Waals surface area (Å²) in [5, 5.41) is 13.5. The van der Waals surface area contributed by atoms with Crippen LogP contribution in [0.25, 0.3) is 5.69 Å². The van der Waals surface area contributed by atoms with E-state index in [9.17, 15) is 0 Å². The molecule has 0 amide bonds. The number of rotatable bonds is 1. The van der Waals surface area contributed by atoms with Gasteiger partial charge < -0.3 is 0 Å². The molecule has 0 aliphatic carbocycles. The number of nitriles is 1. The van der Waals surface area contributed by atoms with E-state index in [0.29, 0.717) is 10.7 Å². The minimum atomic E-state index is 0.544. The molecule has 0 spiro atoms. The van der Waals surface area contributed by atoms with Crippen LogP contribution in [0.3, 0.4) is 0 Å². The smallest absolute Gasteiger partial charge is 0.133 e. The zero-order chi connectivity index (χ0) is 10.8. The predicted octanol–water partition coefficient (Wildman–Crippen LogP) is 2.71. The van der Waals surface area contributed by atoms with Crippen LogP contribution in [0.15, 0.2) is 30.3 Å². The highest BCUT2D eigenvalue weighted by Crippen LogP contribution is 2.17. The van der Waals surface area contributed by atoms with Crippen LogP contribution >= 0.6 is 11.6 Å². The van der Waals surface area contributed by atoms with Gasteiger partial charge in [-0.3, -0.25) is 0 Å². The number of hydrogen-bond donors (Lipinski definition) is 0. The summed E-state index contributed by atoms with van der Waals surface area (Å²) < 4.78 is 1.61. The maximum absolute atomic E-state index is 8.77. The van der Waals surface area contributed by atoms with Gasteiger partial charge in [-0.2, -0.15) is 10.4 Å². The van der Waals surface area contributed by atoms with Crippen molar-refractivity contribution in [1.29, 1.82) is 5.26 Å². The zero-order valence-electron chi connectivity index (χ0n) is 8.11. The third-order valence-corrected chi connectivity index (χ3v) is 2.28. The molecule has 0 N–H and O–H groups in total. The van der Waals surface area contributed by atoms with Crippen LogP contribution in [0, 0.1) is 18.3 Å². The van der Waals surface area contributed by atoms with Gasteiger partial charge in [-0.05, 0) is 31.2 Å². The molecule has 0 unspecified atom stereocenters. The molecule has 4 heteroatoms. The highest BCUT2D eigenvalue weighted by Gasteiger charge is 2.05. The third-order valence-electron chi connectivity index (χ3n) is 2.01. The Morgan fingerprint density at radius 3 is 2.80 bits per heavy atom. The van der Waals surface area contributed by atoms with Crippen LogP contribution in [-0.4, -0.2) is 9.78 Å². The molecule has 0 aliphatic heterocycles. The Morgan fingerprint density at radius 1 is 1.40 bits per heavy atom. The van der Waals surface area contributed by atoms with E-state index in [4.69, 9.17) is 16.9 Å². The molecule has 0 atom stereocenters. The monoisotopic (exact) mass is 217 g/mol. The van der Waals surface area contributed by atoms with Crippen molar-refractivity contribution in [2.24, 2.45) is 0 Å². The first-order chi connectivity index (χ1) is 7.20. The van der Waals surface area contributed by atoms with Gasteiger partial charge in [0.2, 0.25) is 0 Å². The summed E-state index contributed by atoms with van der Waals surface area (Å²) in [7, 11) is 0. The van der Waals surface area contributed by atoms with Crippen LogP contribution in [0.2, 0.25) is 5.15 Å². The first-order valence-corrected chi connectivity index (χ1v) is 4.81. The number of benzene rings is 1. The topological polar surface area (TPSA) is 41.6 Å². The average molecular weight is 218 g/mol. The van der Waals surface area contributed by atoms with Gasteiger partial charge >= 0.3 is 0 Å². The second-order valence-corrected chi connectivity index (χ2v) is 3.57. The molecule has 3 nitrogen and oxygen atoms in total. The van der Waals surface area contributed by atoms with Crippen LogP contribution in [-0.2, 0) is 0 Å². The zero-order valence-corrected chi connectivity index (χ0v) is 8.86. The Hall–Kier alpha value is -1.79. The lowest BCUT2D eigenvalue weighted by Gasteiger charge is -2.02. The summed E-state index contributed by atoms with van der Waals surface area (Å²) in [5.74, 6) is 0. The molecule has 15 heavy (non-hydrogen) atoms. The van der Waals surface area contributed by atoms with E-state index in [2.05, 4.69) is 11.2 Å². The summed E-state index contributed by atoms with van der Waals surface area (Å²) in [6.45, 7) is 1.87. The standard InChI is InChI=1S/C11H8ClN3/c1-8-5-11(12)15(14-8)10-4-2-3-9(6-10)7-13/h2-6H,1H3. The fourth-order valence-corrected chi connectivity index (χ4v) is 1.65. The van der Waals surface area contributed by atoms with E-state index in [1.807, 2.05) is 13.0 Å². The molecule has 0 fully saturated rings. The third kappa shape index (κ3) is 1.85.